The van der Waals surface area contributed by atoms with Crippen molar-refractivity contribution >= 4 is 12.1 Å². The van der Waals surface area contributed by atoms with Crippen LogP contribution in [-0.4, -0.2) is 41.3 Å². The van der Waals surface area contributed by atoms with Crippen LogP contribution in [0.4, 0.5) is 4.79 Å². The summed E-state index contributed by atoms with van der Waals surface area (Å²) in [5.41, 5.74) is 0. The highest BCUT2D eigenvalue weighted by Gasteiger charge is 2.27. The highest BCUT2D eigenvalue weighted by atomic mass is 16.6. The molecule has 17 heavy (non-hydrogen) atoms. The molecule has 1 atom stereocenters. The summed E-state index contributed by atoms with van der Waals surface area (Å²) in [6.45, 7) is 4.33. The normalized spacial score (nSPS) is 19.8. The highest BCUT2D eigenvalue weighted by Crippen LogP contribution is 2.21. The van der Waals surface area contributed by atoms with Crippen molar-refractivity contribution in [3.8, 4) is 0 Å². The largest absolute Gasteiger partial charge is 0.481 e. The molecule has 0 aromatic carbocycles. The fourth-order valence-electron chi connectivity index (χ4n) is 2.04. The predicted molar refractivity (Wildman–Crippen MR) is 62.8 cm³/mol. The summed E-state index contributed by atoms with van der Waals surface area (Å²) in [4.78, 5) is 23.9. The van der Waals surface area contributed by atoms with Crippen LogP contribution in [-0.2, 0) is 9.53 Å². The number of piperidine rings is 1. The first kappa shape index (κ1) is 13.5. The van der Waals surface area contributed by atoms with Crippen molar-refractivity contribution in [3.05, 3.63) is 12.7 Å². The Hall–Kier alpha value is -1.52. The second-order valence-corrected chi connectivity index (χ2v) is 4.14. The lowest BCUT2D eigenvalue weighted by Gasteiger charge is -2.34. The van der Waals surface area contributed by atoms with E-state index in [9.17, 15) is 9.59 Å². The van der Waals surface area contributed by atoms with Gasteiger partial charge >= 0.3 is 12.1 Å². The number of amides is 1. The molecule has 1 rings (SSSR count). The van der Waals surface area contributed by atoms with Crippen LogP contribution in [0.1, 0.15) is 32.1 Å². The summed E-state index contributed by atoms with van der Waals surface area (Å²) < 4.78 is 4.99. The molecule has 1 saturated heterocycles. The molecular weight excluding hydrogens is 222 g/mol. The standard InChI is InChI=1S/C12H19NO4/c1-2-9-17-12(16)13-8-4-3-5-10(13)6-7-11(14)15/h2,10H,1,3-9H2,(H,14,15)/t10-/m0/s1. The van der Waals surface area contributed by atoms with Crippen LogP contribution in [0.3, 0.4) is 0 Å². The summed E-state index contributed by atoms with van der Waals surface area (Å²) in [6.07, 6.45) is 4.60. The first-order valence-corrected chi connectivity index (χ1v) is 5.91. The van der Waals surface area contributed by atoms with Crippen LogP contribution in [0.25, 0.3) is 0 Å². The molecular formula is C12H19NO4. The second kappa shape index (κ2) is 6.93. The quantitative estimate of drug-likeness (QED) is 0.748. The Morgan fingerprint density at radius 1 is 1.47 bits per heavy atom. The van der Waals surface area contributed by atoms with Crippen LogP contribution in [0.5, 0.6) is 0 Å². The van der Waals surface area contributed by atoms with Crippen LogP contribution in [0.2, 0.25) is 0 Å². The zero-order chi connectivity index (χ0) is 12.7. The van der Waals surface area contributed by atoms with Crippen molar-refractivity contribution in [2.24, 2.45) is 0 Å². The average Bonchev–Trinajstić information content (AvgIpc) is 2.33. The minimum atomic E-state index is -0.824. The molecule has 0 spiro atoms. The molecule has 1 fully saturated rings. The molecule has 0 radical (unpaired) electrons. The van der Waals surface area contributed by atoms with E-state index in [1.165, 1.54) is 6.08 Å². The van der Waals surface area contributed by atoms with E-state index in [0.29, 0.717) is 13.0 Å². The summed E-state index contributed by atoms with van der Waals surface area (Å²) in [5, 5.41) is 8.66. The van der Waals surface area contributed by atoms with Gasteiger partial charge in [-0.25, -0.2) is 4.79 Å². The number of likely N-dealkylation sites (tertiary alicyclic amines) is 1. The SMILES string of the molecule is C=CCOC(=O)N1CCCC[C@H]1CCC(=O)O. The Labute approximate surface area is 101 Å². The molecule has 5 nitrogen and oxygen atoms in total. The Kier molecular flexibility index (Phi) is 5.52. The zero-order valence-corrected chi connectivity index (χ0v) is 9.93. The van der Waals surface area contributed by atoms with E-state index in [1.807, 2.05) is 0 Å². The number of aliphatic carboxylic acids is 1. The van der Waals surface area contributed by atoms with Gasteiger partial charge in [0.05, 0.1) is 0 Å². The third-order valence-electron chi connectivity index (χ3n) is 2.88. The van der Waals surface area contributed by atoms with E-state index in [4.69, 9.17) is 9.84 Å². The van der Waals surface area contributed by atoms with Gasteiger partial charge in [0.2, 0.25) is 0 Å². The van der Waals surface area contributed by atoms with Crippen molar-refractivity contribution in [1.29, 1.82) is 0 Å². The number of hydrogen-bond acceptors (Lipinski definition) is 3. The van der Waals surface area contributed by atoms with E-state index in [2.05, 4.69) is 6.58 Å². The molecule has 0 aliphatic carbocycles. The zero-order valence-electron chi connectivity index (χ0n) is 9.93. The summed E-state index contributed by atoms with van der Waals surface area (Å²) in [6, 6.07) is -0.00262. The molecule has 1 aliphatic rings. The third kappa shape index (κ3) is 4.46. The molecule has 0 aromatic heterocycles. The van der Waals surface area contributed by atoms with Gasteiger partial charge in [-0.05, 0) is 25.7 Å². The second-order valence-electron chi connectivity index (χ2n) is 4.14. The Morgan fingerprint density at radius 2 is 2.24 bits per heavy atom. The number of carboxylic acids is 1. The van der Waals surface area contributed by atoms with Crippen LogP contribution < -0.4 is 0 Å². The minimum absolute atomic E-state index is 0.00262. The maximum Gasteiger partial charge on any atom is 0.410 e. The molecule has 0 bridgehead atoms. The maximum atomic E-state index is 11.7. The van der Waals surface area contributed by atoms with Gasteiger partial charge in [0.15, 0.2) is 0 Å². The Balaban J connectivity index is 2.49. The maximum absolute atomic E-state index is 11.7. The van der Waals surface area contributed by atoms with Crippen LogP contribution in [0, 0.1) is 0 Å². The minimum Gasteiger partial charge on any atom is -0.481 e. The number of hydrogen-bond donors (Lipinski definition) is 1. The van der Waals surface area contributed by atoms with E-state index < -0.39 is 5.97 Å². The van der Waals surface area contributed by atoms with Crippen LogP contribution in [0.15, 0.2) is 12.7 Å². The topological polar surface area (TPSA) is 66.8 Å². The first-order valence-electron chi connectivity index (χ1n) is 5.91. The molecule has 1 heterocycles. The number of carbonyl (C=O) groups is 2. The van der Waals surface area contributed by atoms with E-state index in [0.717, 1.165) is 19.3 Å². The molecule has 0 unspecified atom stereocenters. The van der Waals surface area contributed by atoms with Gasteiger partial charge in [0, 0.05) is 19.0 Å². The Bertz CT molecular complexity index is 290. The molecule has 96 valence electrons. The van der Waals surface area contributed by atoms with E-state index >= 15 is 0 Å². The summed E-state index contributed by atoms with van der Waals surface area (Å²) >= 11 is 0. The Morgan fingerprint density at radius 3 is 2.88 bits per heavy atom. The van der Waals surface area contributed by atoms with E-state index in [1.54, 1.807) is 4.90 Å². The van der Waals surface area contributed by atoms with Gasteiger partial charge < -0.3 is 14.7 Å². The predicted octanol–water partition coefficient (Wildman–Crippen LogP) is 2.03. The number of ether oxygens (including phenoxy) is 1. The van der Waals surface area contributed by atoms with Gasteiger partial charge in [-0.1, -0.05) is 12.7 Å². The summed E-state index contributed by atoms with van der Waals surface area (Å²) in [5.74, 6) is -0.824. The summed E-state index contributed by atoms with van der Waals surface area (Å²) in [7, 11) is 0. The van der Waals surface area contributed by atoms with Gasteiger partial charge in [-0.15, -0.1) is 0 Å². The first-order chi connectivity index (χ1) is 8.15. The molecule has 0 saturated carbocycles. The monoisotopic (exact) mass is 241 g/mol. The van der Waals surface area contributed by atoms with Gasteiger partial charge in [-0.2, -0.15) is 0 Å². The van der Waals surface area contributed by atoms with Crippen molar-refractivity contribution in [2.75, 3.05) is 13.2 Å². The van der Waals surface area contributed by atoms with Gasteiger partial charge in [-0.3, -0.25) is 4.79 Å². The average molecular weight is 241 g/mol. The lowest BCUT2D eigenvalue weighted by molar-refractivity contribution is -0.137. The van der Waals surface area contributed by atoms with Crippen molar-refractivity contribution in [2.45, 2.75) is 38.1 Å². The van der Waals surface area contributed by atoms with E-state index in [-0.39, 0.29) is 25.2 Å². The fourth-order valence-corrected chi connectivity index (χ4v) is 2.04. The highest BCUT2D eigenvalue weighted by molar-refractivity contribution is 5.69. The van der Waals surface area contributed by atoms with Crippen molar-refractivity contribution in [1.82, 2.24) is 4.90 Å². The molecule has 1 amide bonds. The molecule has 0 aromatic rings. The number of carboxylic acid groups (broad SMARTS) is 1. The lowest BCUT2D eigenvalue weighted by atomic mass is 9.98. The van der Waals surface area contributed by atoms with Gasteiger partial charge in [0.25, 0.3) is 0 Å². The number of rotatable bonds is 5. The van der Waals surface area contributed by atoms with Crippen LogP contribution >= 0.6 is 0 Å². The lowest BCUT2D eigenvalue weighted by Crippen LogP contribution is -2.44. The van der Waals surface area contributed by atoms with Crippen molar-refractivity contribution in [3.63, 3.8) is 0 Å². The van der Waals surface area contributed by atoms with Crippen molar-refractivity contribution < 1.29 is 19.4 Å². The third-order valence-corrected chi connectivity index (χ3v) is 2.88. The number of nitrogens with zero attached hydrogens (tertiary/aromatic N) is 1. The van der Waals surface area contributed by atoms with Gasteiger partial charge in [0.1, 0.15) is 6.61 Å². The number of carbonyl (C=O) groups excluding carboxylic acids is 1. The molecule has 5 heteroatoms. The fraction of sp³-hybridized carbons (Fsp3) is 0.667. The molecule has 1 N–H and O–H groups in total. The molecule has 1 aliphatic heterocycles. The smallest absolute Gasteiger partial charge is 0.410 e.